The third kappa shape index (κ3) is 2.08. The molecule has 1 aromatic rings. The minimum Gasteiger partial charge on any atom is -0.370 e. The molecule has 0 bridgehead atoms. The van der Waals surface area contributed by atoms with Crippen molar-refractivity contribution in [3.63, 3.8) is 0 Å². The number of aromatic amines is 1. The van der Waals surface area contributed by atoms with Crippen molar-refractivity contribution in [2.75, 3.05) is 11.9 Å². The Bertz CT molecular complexity index is 460. The smallest absolute Gasteiger partial charge is 0.347 e. The first-order valence-electron chi connectivity index (χ1n) is 6.71. The van der Waals surface area contributed by atoms with Gasteiger partial charge < -0.3 is 10.3 Å². The Morgan fingerprint density at radius 3 is 2.76 bits per heavy atom. The number of rotatable bonds is 1. The number of hydrogen-bond donors (Lipinski definition) is 2. The van der Waals surface area contributed by atoms with Gasteiger partial charge in [-0.2, -0.15) is 4.98 Å². The first kappa shape index (κ1) is 10.8. The number of anilines is 1. The lowest BCUT2D eigenvalue weighted by Gasteiger charge is -2.16. The van der Waals surface area contributed by atoms with Gasteiger partial charge in [-0.3, -0.25) is 0 Å². The number of nitrogens with one attached hydrogen (secondary N) is 2. The number of nitrogens with zero attached hydrogens (tertiary/aromatic N) is 1. The summed E-state index contributed by atoms with van der Waals surface area (Å²) in [6.45, 7) is 0.938. The maximum Gasteiger partial charge on any atom is 0.347 e. The molecule has 0 amide bonds. The predicted octanol–water partition coefficient (Wildman–Crippen LogP) is 2.18. The first-order chi connectivity index (χ1) is 8.34. The van der Waals surface area contributed by atoms with Gasteiger partial charge in [-0.15, -0.1) is 0 Å². The molecule has 0 radical (unpaired) electrons. The van der Waals surface area contributed by atoms with Crippen LogP contribution in [0.25, 0.3) is 0 Å². The van der Waals surface area contributed by atoms with E-state index in [0.29, 0.717) is 5.92 Å². The normalized spacial score (nSPS) is 20.7. The van der Waals surface area contributed by atoms with Crippen LogP contribution in [0.3, 0.4) is 0 Å². The van der Waals surface area contributed by atoms with Gasteiger partial charge in [0.15, 0.2) is 0 Å². The van der Waals surface area contributed by atoms with Crippen molar-refractivity contribution in [1.82, 2.24) is 9.97 Å². The Hall–Kier alpha value is -1.32. The van der Waals surface area contributed by atoms with Crippen LogP contribution in [0.5, 0.6) is 0 Å². The molecule has 1 aliphatic heterocycles. The molecule has 3 rings (SSSR count). The molecule has 1 aromatic heterocycles. The van der Waals surface area contributed by atoms with Crippen LogP contribution in [0.2, 0.25) is 0 Å². The van der Waals surface area contributed by atoms with Crippen LogP contribution < -0.4 is 11.0 Å². The molecule has 2 aliphatic rings. The highest BCUT2D eigenvalue weighted by Gasteiger charge is 2.24. The van der Waals surface area contributed by atoms with E-state index in [4.69, 9.17) is 0 Å². The van der Waals surface area contributed by atoms with E-state index in [0.717, 1.165) is 25.2 Å². The molecule has 1 aliphatic carbocycles. The van der Waals surface area contributed by atoms with Gasteiger partial charge in [0.2, 0.25) is 0 Å². The molecule has 4 nitrogen and oxygen atoms in total. The standard InChI is InChI=1S/C13H19N3O/c17-13-15-11(9-5-1-2-6-9)10-7-3-4-8-14-12(10)16-13/h9H,1-8H2,(H2,14,15,16,17). The SMILES string of the molecule is O=c1nc2c(c(C3CCCC3)[nH]1)CCCCN2. The van der Waals surface area contributed by atoms with Gasteiger partial charge in [-0.1, -0.05) is 12.8 Å². The highest BCUT2D eigenvalue weighted by Crippen LogP contribution is 2.36. The second kappa shape index (κ2) is 4.51. The minimum absolute atomic E-state index is 0.194. The molecule has 0 unspecified atom stereocenters. The van der Waals surface area contributed by atoms with Crippen molar-refractivity contribution in [1.29, 1.82) is 0 Å². The van der Waals surface area contributed by atoms with E-state index in [2.05, 4.69) is 15.3 Å². The van der Waals surface area contributed by atoms with Crippen molar-refractivity contribution < 1.29 is 0 Å². The number of aromatic nitrogens is 2. The van der Waals surface area contributed by atoms with Gasteiger partial charge in [0, 0.05) is 17.8 Å². The Morgan fingerprint density at radius 2 is 1.94 bits per heavy atom. The monoisotopic (exact) mass is 233 g/mol. The van der Waals surface area contributed by atoms with Crippen LogP contribution in [0, 0.1) is 0 Å². The summed E-state index contributed by atoms with van der Waals surface area (Å²) in [6, 6.07) is 0. The molecule has 0 aromatic carbocycles. The van der Waals surface area contributed by atoms with Gasteiger partial charge in [-0.05, 0) is 38.0 Å². The number of H-pyrrole nitrogens is 1. The average Bonchev–Trinajstić information content (AvgIpc) is 2.74. The van der Waals surface area contributed by atoms with Crippen LogP contribution in [-0.2, 0) is 6.42 Å². The molecule has 1 saturated carbocycles. The van der Waals surface area contributed by atoms with Gasteiger partial charge in [0.25, 0.3) is 0 Å². The van der Waals surface area contributed by atoms with E-state index in [1.807, 2.05) is 0 Å². The summed E-state index contributed by atoms with van der Waals surface area (Å²) in [5, 5.41) is 3.30. The zero-order chi connectivity index (χ0) is 11.7. The van der Waals surface area contributed by atoms with E-state index in [1.54, 1.807) is 0 Å². The van der Waals surface area contributed by atoms with Crippen molar-refractivity contribution in [2.45, 2.75) is 50.9 Å². The van der Waals surface area contributed by atoms with Gasteiger partial charge in [0.1, 0.15) is 5.82 Å². The van der Waals surface area contributed by atoms with Gasteiger partial charge in [-0.25, -0.2) is 4.79 Å². The summed E-state index contributed by atoms with van der Waals surface area (Å²) in [5.74, 6) is 1.40. The topological polar surface area (TPSA) is 57.8 Å². The molecule has 2 N–H and O–H groups in total. The fraction of sp³-hybridized carbons (Fsp3) is 0.692. The van der Waals surface area contributed by atoms with E-state index >= 15 is 0 Å². The zero-order valence-corrected chi connectivity index (χ0v) is 10.1. The molecule has 0 spiro atoms. The van der Waals surface area contributed by atoms with E-state index in [9.17, 15) is 4.79 Å². The third-order valence-corrected chi connectivity index (χ3v) is 3.98. The lowest BCUT2D eigenvalue weighted by Crippen LogP contribution is -2.20. The summed E-state index contributed by atoms with van der Waals surface area (Å²) in [6.07, 6.45) is 8.41. The lowest BCUT2D eigenvalue weighted by molar-refractivity contribution is 0.670. The lowest BCUT2D eigenvalue weighted by atomic mass is 9.96. The molecule has 17 heavy (non-hydrogen) atoms. The second-order valence-electron chi connectivity index (χ2n) is 5.15. The van der Waals surface area contributed by atoms with Crippen LogP contribution in [0.1, 0.15) is 55.7 Å². The molecular formula is C13H19N3O. The Balaban J connectivity index is 2.06. The predicted molar refractivity (Wildman–Crippen MR) is 67.5 cm³/mol. The molecule has 1 fully saturated rings. The molecule has 2 heterocycles. The fourth-order valence-corrected chi connectivity index (χ4v) is 3.11. The van der Waals surface area contributed by atoms with E-state index in [-0.39, 0.29) is 5.69 Å². The summed E-state index contributed by atoms with van der Waals surface area (Å²) in [4.78, 5) is 18.7. The largest absolute Gasteiger partial charge is 0.370 e. The van der Waals surface area contributed by atoms with E-state index in [1.165, 1.54) is 43.4 Å². The van der Waals surface area contributed by atoms with Crippen molar-refractivity contribution in [2.24, 2.45) is 0 Å². The second-order valence-corrected chi connectivity index (χ2v) is 5.15. The zero-order valence-electron chi connectivity index (χ0n) is 10.1. The summed E-state index contributed by atoms with van der Waals surface area (Å²) < 4.78 is 0. The first-order valence-corrected chi connectivity index (χ1v) is 6.71. The minimum atomic E-state index is -0.194. The average molecular weight is 233 g/mol. The number of hydrogen-bond acceptors (Lipinski definition) is 3. The number of fused-ring (bicyclic) bond motifs is 1. The van der Waals surface area contributed by atoms with Crippen molar-refractivity contribution in [3.8, 4) is 0 Å². The highest BCUT2D eigenvalue weighted by atomic mass is 16.1. The molecule has 92 valence electrons. The summed E-state index contributed by atoms with van der Waals surface area (Å²) in [5.41, 5.74) is 2.25. The summed E-state index contributed by atoms with van der Waals surface area (Å²) in [7, 11) is 0. The van der Waals surface area contributed by atoms with Crippen LogP contribution >= 0.6 is 0 Å². The highest BCUT2D eigenvalue weighted by molar-refractivity contribution is 5.48. The third-order valence-electron chi connectivity index (χ3n) is 3.98. The van der Waals surface area contributed by atoms with Gasteiger partial charge >= 0.3 is 5.69 Å². The molecule has 0 saturated heterocycles. The molecule has 4 heteroatoms. The Morgan fingerprint density at radius 1 is 1.12 bits per heavy atom. The fourth-order valence-electron chi connectivity index (χ4n) is 3.11. The molecule has 0 atom stereocenters. The Labute approximate surface area is 101 Å². The van der Waals surface area contributed by atoms with Crippen LogP contribution in [0.15, 0.2) is 4.79 Å². The summed E-state index contributed by atoms with van der Waals surface area (Å²) >= 11 is 0. The van der Waals surface area contributed by atoms with Crippen LogP contribution in [-0.4, -0.2) is 16.5 Å². The maximum absolute atomic E-state index is 11.6. The Kier molecular flexibility index (Phi) is 2.87. The maximum atomic E-state index is 11.6. The molecular weight excluding hydrogens is 214 g/mol. The van der Waals surface area contributed by atoms with Crippen LogP contribution in [0.4, 0.5) is 5.82 Å². The van der Waals surface area contributed by atoms with E-state index < -0.39 is 0 Å². The van der Waals surface area contributed by atoms with Crippen molar-refractivity contribution >= 4 is 5.82 Å². The quantitative estimate of drug-likeness (QED) is 0.781. The van der Waals surface area contributed by atoms with Gasteiger partial charge in [0.05, 0.1) is 0 Å². The van der Waals surface area contributed by atoms with Crippen molar-refractivity contribution in [3.05, 3.63) is 21.7 Å².